The van der Waals surface area contributed by atoms with Crippen LogP contribution in [0.15, 0.2) is 72.8 Å². The Morgan fingerprint density at radius 3 is 2.16 bits per heavy atom. The average molecular weight is 524 g/mol. The van der Waals surface area contributed by atoms with E-state index in [1.165, 1.54) is 17.2 Å². The second-order valence-corrected chi connectivity index (χ2v) is 11.0. The molecule has 1 saturated heterocycles. The zero-order valence-electron chi connectivity index (χ0n) is 21.8. The molecule has 0 aromatic heterocycles. The molecule has 4 nitrogen and oxygen atoms in total. The van der Waals surface area contributed by atoms with Crippen molar-refractivity contribution < 1.29 is 18.7 Å². The van der Waals surface area contributed by atoms with Gasteiger partial charge in [-0.05, 0) is 56.4 Å². The van der Waals surface area contributed by atoms with Gasteiger partial charge in [0.2, 0.25) is 0 Å². The molecule has 0 unspecified atom stereocenters. The third-order valence-electron chi connectivity index (χ3n) is 6.40. The number of esters is 1. The molecule has 1 heterocycles. The first-order valence-electron chi connectivity index (χ1n) is 12.8. The number of halogens is 2. The summed E-state index contributed by atoms with van der Waals surface area (Å²) in [5, 5.41) is 0. The number of rotatable bonds is 10. The van der Waals surface area contributed by atoms with Gasteiger partial charge in [0.15, 0.2) is 0 Å². The van der Waals surface area contributed by atoms with Crippen LogP contribution in [0.2, 0.25) is 0 Å². The largest absolute Gasteiger partial charge is 0.493 e. The molecule has 6 heteroatoms. The van der Waals surface area contributed by atoms with Gasteiger partial charge in [-0.25, -0.2) is 9.18 Å². The smallest absolute Gasteiger partial charge is 0.341 e. The molecule has 3 aromatic rings. The van der Waals surface area contributed by atoms with Crippen LogP contribution in [0.3, 0.4) is 0 Å². The fourth-order valence-corrected chi connectivity index (χ4v) is 4.83. The average Bonchev–Trinajstić information content (AvgIpc) is 2.84. The van der Waals surface area contributed by atoms with Gasteiger partial charge in [-0.3, -0.25) is 4.90 Å². The zero-order chi connectivity index (χ0) is 26.4. The SMILES string of the molecule is CC(C)(C)OC(=O)c1cc(CCCCl)c(OCC2CN(C(c3ccccc3)c3ccccc3)C2)cc1F. The molecule has 0 spiro atoms. The van der Waals surface area contributed by atoms with E-state index in [0.29, 0.717) is 37.0 Å². The van der Waals surface area contributed by atoms with Crippen LogP contribution < -0.4 is 4.74 Å². The Balaban J connectivity index is 1.44. The first kappa shape index (κ1) is 27.2. The number of likely N-dealkylation sites (tertiary alicyclic amines) is 1. The summed E-state index contributed by atoms with van der Waals surface area (Å²) in [5.41, 5.74) is 2.51. The van der Waals surface area contributed by atoms with Gasteiger partial charge in [0.1, 0.15) is 17.2 Å². The molecule has 0 saturated carbocycles. The minimum atomic E-state index is -0.706. The van der Waals surface area contributed by atoms with E-state index in [2.05, 4.69) is 53.4 Å². The van der Waals surface area contributed by atoms with Gasteiger partial charge in [0.05, 0.1) is 18.2 Å². The van der Waals surface area contributed by atoms with Crippen molar-refractivity contribution in [1.29, 1.82) is 0 Å². The number of carbonyl (C=O) groups excluding carboxylic acids is 1. The number of hydrogen-bond donors (Lipinski definition) is 0. The maximum Gasteiger partial charge on any atom is 0.341 e. The fourth-order valence-electron chi connectivity index (χ4n) is 4.69. The molecule has 3 aromatic carbocycles. The van der Waals surface area contributed by atoms with Crippen LogP contribution in [0, 0.1) is 11.7 Å². The van der Waals surface area contributed by atoms with Crippen LogP contribution in [0.25, 0.3) is 0 Å². The van der Waals surface area contributed by atoms with Crippen molar-refractivity contribution in [2.24, 2.45) is 5.92 Å². The lowest BCUT2D eigenvalue weighted by atomic mass is 9.90. The molecular weight excluding hydrogens is 489 g/mol. The number of aryl methyl sites for hydroxylation is 1. The third kappa shape index (κ3) is 7.12. The number of benzene rings is 3. The summed E-state index contributed by atoms with van der Waals surface area (Å²) in [5.74, 6) is -0.0507. The second kappa shape index (κ2) is 12.1. The van der Waals surface area contributed by atoms with Crippen molar-refractivity contribution in [3.8, 4) is 5.75 Å². The lowest BCUT2D eigenvalue weighted by Gasteiger charge is -2.44. The van der Waals surface area contributed by atoms with Gasteiger partial charge in [-0.15, -0.1) is 11.6 Å². The molecule has 1 fully saturated rings. The van der Waals surface area contributed by atoms with Gasteiger partial charge in [-0.2, -0.15) is 0 Å². The lowest BCUT2D eigenvalue weighted by molar-refractivity contribution is 0.00643. The molecule has 1 aliphatic heterocycles. The van der Waals surface area contributed by atoms with Crippen molar-refractivity contribution in [2.45, 2.75) is 45.3 Å². The molecule has 196 valence electrons. The standard InChI is InChI=1S/C31H35ClFNO3/c1-31(2,3)37-30(35)26-17-25(15-10-16-32)28(18-27(26)33)36-21-22-19-34(20-22)29(23-11-6-4-7-12-23)24-13-8-5-9-14-24/h4-9,11-14,17-18,22,29H,10,15-16,19-21H2,1-3H3. The molecule has 0 N–H and O–H groups in total. The van der Waals surface area contributed by atoms with E-state index < -0.39 is 17.4 Å². The van der Waals surface area contributed by atoms with E-state index in [4.69, 9.17) is 21.1 Å². The van der Waals surface area contributed by atoms with Crippen molar-refractivity contribution in [1.82, 2.24) is 4.90 Å². The number of ether oxygens (including phenoxy) is 2. The van der Waals surface area contributed by atoms with E-state index in [9.17, 15) is 9.18 Å². The van der Waals surface area contributed by atoms with E-state index in [1.54, 1.807) is 26.8 Å². The highest BCUT2D eigenvalue weighted by Crippen LogP contribution is 2.35. The van der Waals surface area contributed by atoms with E-state index in [-0.39, 0.29) is 11.6 Å². The Hall–Kier alpha value is -2.89. The van der Waals surface area contributed by atoms with Gasteiger partial charge >= 0.3 is 5.97 Å². The third-order valence-corrected chi connectivity index (χ3v) is 6.67. The summed E-state index contributed by atoms with van der Waals surface area (Å²) in [7, 11) is 0. The van der Waals surface area contributed by atoms with Crippen LogP contribution in [0.5, 0.6) is 5.75 Å². The number of carbonyl (C=O) groups is 1. The molecule has 1 aliphatic rings. The summed E-state index contributed by atoms with van der Waals surface area (Å²) < 4.78 is 26.4. The van der Waals surface area contributed by atoms with Gasteiger partial charge in [0.25, 0.3) is 0 Å². The maximum atomic E-state index is 14.9. The Kier molecular flexibility index (Phi) is 8.88. The summed E-state index contributed by atoms with van der Waals surface area (Å²) in [6.07, 6.45) is 1.29. The Bertz CT molecular complexity index is 1130. The first-order chi connectivity index (χ1) is 17.7. The van der Waals surface area contributed by atoms with E-state index in [0.717, 1.165) is 18.7 Å². The summed E-state index contributed by atoms with van der Waals surface area (Å²) in [4.78, 5) is 15.0. The Morgan fingerprint density at radius 1 is 1.03 bits per heavy atom. The van der Waals surface area contributed by atoms with Crippen LogP contribution >= 0.6 is 11.6 Å². The van der Waals surface area contributed by atoms with E-state index >= 15 is 0 Å². The summed E-state index contributed by atoms with van der Waals surface area (Å²) in [6, 6.07) is 24.1. The van der Waals surface area contributed by atoms with Crippen molar-refractivity contribution in [3.63, 3.8) is 0 Å². The molecule has 0 atom stereocenters. The molecule has 0 aliphatic carbocycles. The molecule has 0 radical (unpaired) electrons. The fraction of sp³-hybridized carbons (Fsp3) is 0.387. The Morgan fingerprint density at radius 2 is 1.62 bits per heavy atom. The molecule has 0 amide bonds. The van der Waals surface area contributed by atoms with Crippen molar-refractivity contribution >= 4 is 17.6 Å². The molecular formula is C31H35ClFNO3. The van der Waals surface area contributed by atoms with Crippen LogP contribution in [-0.4, -0.2) is 42.0 Å². The van der Waals surface area contributed by atoms with Crippen LogP contribution in [0.1, 0.15) is 60.3 Å². The highest BCUT2D eigenvalue weighted by molar-refractivity contribution is 6.17. The highest BCUT2D eigenvalue weighted by Gasteiger charge is 2.34. The zero-order valence-corrected chi connectivity index (χ0v) is 22.5. The number of nitrogens with zero attached hydrogens (tertiary/aromatic N) is 1. The summed E-state index contributed by atoms with van der Waals surface area (Å²) >= 11 is 5.92. The van der Waals surface area contributed by atoms with Crippen molar-refractivity contribution in [3.05, 3.63) is 101 Å². The van der Waals surface area contributed by atoms with Crippen LogP contribution in [-0.2, 0) is 11.2 Å². The first-order valence-corrected chi connectivity index (χ1v) is 13.4. The molecule has 37 heavy (non-hydrogen) atoms. The number of alkyl halides is 1. The normalized spacial score (nSPS) is 14.4. The predicted octanol–water partition coefficient (Wildman–Crippen LogP) is 7.05. The quantitative estimate of drug-likeness (QED) is 0.211. The monoisotopic (exact) mass is 523 g/mol. The Labute approximate surface area is 224 Å². The van der Waals surface area contributed by atoms with Crippen molar-refractivity contribution in [2.75, 3.05) is 25.6 Å². The lowest BCUT2D eigenvalue weighted by Crippen LogP contribution is -2.51. The van der Waals surface area contributed by atoms with Gasteiger partial charge < -0.3 is 9.47 Å². The minimum Gasteiger partial charge on any atom is -0.493 e. The predicted molar refractivity (Wildman–Crippen MR) is 146 cm³/mol. The topological polar surface area (TPSA) is 38.8 Å². The van der Waals surface area contributed by atoms with Crippen LogP contribution in [0.4, 0.5) is 4.39 Å². The maximum absolute atomic E-state index is 14.9. The summed E-state index contributed by atoms with van der Waals surface area (Å²) in [6.45, 7) is 7.52. The molecule has 4 rings (SSSR count). The number of hydrogen-bond acceptors (Lipinski definition) is 4. The minimum absolute atomic E-state index is 0.0739. The molecule has 0 bridgehead atoms. The van der Waals surface area contributed by atoms with Gasteiger partial charge in [-0.1, -0.05) is 60.7 Å². The highest BCUT2D eigenvalue weighted by atomic mass is 35.5. The van der Waals surface area contributed by atoms with E-state index in [1.807, 2.05) is 12.1 Å². The van der Waals surface area contributed by atoms with Gasteiger partial charge in [0, 0.05) is 31.0 Å². The second-order valence-electron chi connectivity index (χ2n) is 10.6.